The molecular formula is C16H26OS. The molecule has 1 aromatic heterocycles. The lowest BCUT2D eigenvalue weighted by Gasteiger charge is -2.01. The Balaban J connectivity index is 1.90. The predicted octanol–water partition coefficient (Wildman–Crippen LogP) is 5.39. The van der Waals surface area contributed by atoms with Gasteiger partial charge in [0.1, 0.15) is 5.78 Å². The van der Waals surface area contributed by atoms with E-state index in [9.17, 15) is 4.79 Å². The zero-order chi connectivity index (χ0) is 13.1. The summed E-state index contributed by atoms with van der Waals surface area (Å²) >= 11 is 1.71. The van der Waals surface area contributed by atoms with Gasteiger partial charge in [-0.15, -0.1) is 0 Å². The minimum Gasteiger partial charge on any atom is -0.300 e. The first-order chi connectivity index (χ1) is 8.83. The summed E-state index contributed by atoms with van der Waals surface area (Å²) in [6, 6.07) is 2.12. The number of hydrogen-bond donors (Lipinski definition) is 0. The molecule has 18 heavy (non-hydrogen) atoms. The second-order valence-electron chi connectivity index (χ2n) is 5.04. The fourth-order valence-electron chi connectivity index (χ4n) is 2.12. The van der Waals surface area contributed by atoms with Crippen LogP contribution in [0.3, 0.4) is 0 Å². The van der Waals surface area contributed by atoms with Crippen LogP contribution in [0.4, 0.5) is 0 Å². The number of carbonyl (C=O) groups is 1. The molecule has 102 valence electrons. The van der Waals surface area contributed by atoms with Crippen LogP contribution in [0.2, 0.25) is 0 Å². The highest BCUT2D eigenvalue weighted by Crippen LogP contribution is 2.12. The van der Waals surface area contributed by atoms with Gasteiger partial charge in [0.05, 0.1) is 0 Å². The summed E-state index contributed by atoms with van der Waals surface area (Å²) in [5.74, 6) is 0.440. The van der Waals surface area contributed by atoms with Crippen LogP contribution < -0.4 is 0 Å². The summed E-state index contributed by atoms with van der Waals surface area (Å²) in [7, 11) is 0. The van der Waals surface area contributed by atoms with Gasteiger partial charge in [0.25, 0.3) is 0 Å². The molecule has 0 aliphatic carbocycles. The number of rotatable bonds is 11. The summed E-state index contributed by atoms with van der Waals surface area (Å²) in [6.45, 7) is 2.24. The molecular weight excluding hydrogens is 240 g/mol. The van der Waals surface area contributed by atoms with Crippen molar-refractivity contribution in [2.45, 2.75) is 71.1 Å². The zero-order valence-electron chi connectivity index (χ0n) is 11.6. The molecule has 0 radical (unpaired) electrons. The summed E-state index contributed by atoms with van der Waals surface area (Å²) in [4.78, 5) is 11.7. The molecule has 0 N–H and O–H groups in total. The molecule has 0 amide bonds. The lowest BCUT2D eigenvalue weighted by Crippen LogP contribution is -1.99. The van der Waals surface area contributed by atoms with Gasteiger partial charge >= 0.3 is 0 Å². The van der Waals surface area contributed by atoms with Gasteiger partial charge in [0.2, 0.25) is 0 Å². The predicted molar refractivity (Wildman–Crippen MR) is 80.3 cm³/mol. The van der Waals surface area contributed by atoms with E-state index in [1.807, 2.05) is 0 Å². The molecule has 1 heterocycles. The Morgan fingerprint density at radius 1 is 1.06 bits per heavy atom. The Morgan fingerprint density at radius 2 is 1.78 bits per heavy atom. The maximum absolute atomic E-state index is 11.7. The van der Waals surface area contributed by atoms with Gasteiger partial charge in [-0.2, -0.15) is 11.3 Å². The van der Waals surface area contributed by atoms with E-state index in [0.29, 0.717) is 5.78 Å². The monoisotopic (exact) mass is 266 g/mol. The van der Waals surface area contributed by atoms with Gasteiger partial charge in [0, 0.05) is 12.8 Å². The summed E-state index contributed by atoms with van der Waals surface area (Å²) in [6.07, 6.45) is 11.4. The molecule has 0 fully saturated rings. The van der Waals surface area contributed by atoms with Crippen molar-refractivity contribution in [3.05, 3.63) is 22.4 Å². The lowest BCUT2D eigenvalue weighted by atomic mass is 10.0. The molecule has 1 aromatic rings. The van der Waals surface area contributed by atoms with Crippen molar-refractivity contribution in [3.63, 3.8) is 0 Å². The van der Waals surface area contributed by atoms with Gasteiger partial charge in [-0.25, -0.2) is 0 Å². The number of unbranched alkanes of at least 4 members (excludes halogenated alkanes) is 6. The Bertz CT molecular complexity index is 303. The van der Waals surface area contributed by atoms with E-state index in [1.165, 1.54) is 44.1 Å². The minimum atomic E-state index is 0.440. The summed E-state index contributed by atoms with van der Waals surface area (Å²) in [5, 5.41) is 4.22. The van der Waals surface area contributed by atoms with E-state index >= 15 is 0 Å². The number of Topliss-reactive ketones (excluding diaryl/α,β-unsaturated/α-hetero) is 1. The third-order valence-electron chi connectivity index (χ3n) is 3.33. The van der Waals surface area contributed by atoms with Crippen molar-refractivity contribution in [2.75, 3.05) is 0 Å². The number of carbonyl (C=O) groups excluding carboxylic acids is 1. The molecule has 0 bridgehead atoms. The van der Waals surface area contributed by atoms with E-state index in [1.54, 1.807) is 11.3 Å². The Morgan fingerprint density at radius 3 is 2.44 bits per heavy atom. The molecule has 0 spiro atoms. The first-order valence-electron chi connectivity index (χ1n) is 7.35. The molecule has 0 aromatic carbocycles. The van der Waals surface area contributed by atoms with E-state index in [4.69, 9.17) is 0 Å². The van der Waals surface area contributed by atoms with Gasteiger partial charge in [-0.3, -0.25) is 4.79 Å². The van der Waals surface area contributed by atoms with Crippen molar-refractivity contribution in [3.8, 4) is 0 Å². The lowest BCUT2D eigenvalue weighted by molar-refractivity contribution is -0.119. The molecule has 1 nitrogen and oxygen atoms in total. The first-order valence-corrected chi connectivity index (χ1v) is 8.30. The maximum Gasteiger partial charge on any atom is 0.133 e. The van der Waals surface area contributed by atoms with Crippen molar-refractivity contribution < 1.29 is 4.79 Å². The summed E-state index contributed by atoms with van der Waals surface area (Å²) in [5.41, 5.74) is 1.31. The van der Waals surface area contributed by atoms with E-state index < -0.39 is 0 Å². The Hall–Kier alpha value is -0.630. The standard InChI is InChI=1S/C16H26OS/c1-2-3-4-5-6-7-8-9-16(17)11-10-15-12-13-18-14-15/h12-14H,2-11H2,1H3. The SMILES string of the molecule is CCCCCCCCCC(=O)CCc1ccsc1. The Labute approximate surface area is 116 Å². The second-order valence-corrected chi connectivity index (χ2v) is 5.82. The van der Waals surface area contributed by atoms with E-state index in [0.717, 1.165) is 25.7 Å². The average Bonchev–Trinajstić information content (AvgIpc) is 2.88. The second kappa shape index (κ2) is 10.3. The van der Waals surface area contributed by atoms with Gasteiger partial charge in [-0.1, -0.05) is 45.4 Å². The van der Waals surface area contributed by atoms with E-state index in [-0.39, 0.29) is 0 Å². The number of ketones is 1. The van der Waals surface area contributed by atoms with Crippen molar-refractivity contribution in [1.82, 2.24) is 0 Å². The number of hydrogen-bond acceptors (Lipinski definition) is 2. The highest BCUT2D eigenvalue weighted by molar-refractivity contribution is 7.07. The molecule has 0 unspecified atom stereocenters. The molecule has 0 saturated heterocycles. The molecule has 0 aliphatic heterocycles. The van der Waals surface area contributed by atoms with Crippen LogP contribution in [-0.2, 0) is 11.2 Å². The maximum atomic E-state index is 11.7. The third-order valence-corrected chi connectivity index (χ3v) is 4.06. The van der Waals surface area contributed by atoms with Crippen LogP contribution in [0.5, 0.6) is 0 Å². The smallest absolute Gasteiger partial charge is 0.133 e. The van der Waals surface area contributed by atoms with Crippen molar-refractivity contribution in [2.24, 2.45) is 0 Å². The highest BCUT2D eigenvalue weighted by Gasteiger charge is 2.03. The van der Waals surface area contributed by atoms with Crippen LogP contribution in [0.15, 0.2) is 16.8 Å². The zero-order valence-corrected chi connectivity index (χ0v) is 12.4. The Kier molecular flexibility index (Phi) is 8.83. The van der Waals surface area contributed by atoms with Gasteiger partial charge in [0.15, 0.2) is 0 Å². The quantitative estimate of drug-likeness (QED) is 0.491. The van der Waals surface area contributed by atoms with Crippen molar-refractivity contribution in [1.29, 1.82) is 0 Å². The first kappa shape index (κ1) is 15.4. The van der Waals surface area contributed by atoms with Crippen LogP contribution >= 0.6 is 11.3 Å². The van der Waals surface area contributed by atoms with Crippen LogP contribution in [0.25, 0.3) is 0 Å². The fraction of sp³-hybridized carbons (Fsp3) is 0.688. The normalized spacial score (nSPS) is 10.7. The minimum absolute atomic E-state index is 0.440. The van der Waals surface area contributed by atoms with Gasteiger partial charge in [-0.05, 0) is 35.2 Å². The van der Waals surface area contributed by atoms with Crippen LogP contribution in [0, 0.1) is 0 Å². The number of thiophene rings is 1. The third kappa shape index (κ3) is 7.65. The number of aryl methyl sites for hydroxylation is 1. The highest BCUT2D eigenvalue weighted by atomic mass is 32.1. The molecule has 1 rings (SSSR count). The van der Waals surface area contributed by atoms with Crippen molar-refractivity contribution >= 4 is 17.1 Å². The molecule has 2 heteroatoms. The average molecular weight is 266 g/mol. The fourth-order valence-corrected chi connectivity index (χ4v) is 2.83. The molecule has 0 saturated carbocycles. The van der Waals surface area contributed by atoms with Gasteiger partial charge < -0.3 is 0 Å². The summed E-state index contributed by atoms with van der Waals surface area (Å²) < 4.78 is 0. The van der Waals surface area contributed by atoms with Crippen LogP contribution in [0.1, 0.15) is 70.3 Å². The van der Waals surface area contributed by atoms with E-state index in [2.05, 4.69) is 23.8 Å². The topological polar surface area (TPSA) is 17.1 Å². The van der Waals surface area contributed by atoms with Crippen LogP contribution in [-0.4, -0.2) is 5.78 Å². The molecule has 0 atom stereocenters. The molecule has 0 aliphatic rings. The largest absolute Gasteiger partial charge is 0.300 e.